The van der Waals surface area contributed by atoms with E-state index in [0.717, 1.165) is 16.7 Å². The summed E-state index contributed by atoms with van der Waals surface area (Å²) in [4.78, 5) is 26.1. The number of aromatic nitrogens is 1. The lowest BCUT2D eigenvalue weighted by molar-refractivity contribution is 0.0695. The number of carboxylic acids is 1. The molecule has 21 heavy (non-hydrogen) atoms. The summed E-state index contributed by atoms with van der Waals surface area (Å²) in [6.45, 7) is 2.00. The lowest BCUT2D eigenvalue weighted by atomic mass is 9.98. The molecule has 0 atom stereocenters. The molecule has 0 saturated heterocycles. The van der Waals surface area contributed by atoms with Crippen LogP contribution < -0.4 is 5.43 Å². The van der Waals surface area contributed by atoms with Crippen molar-refractivity contribution in [2.45, 2.75) is 6.92 Å². The topological polar surface area (TPSA) is 70.2 Å². The Balaban J connectivity index is 2.29. The van der Waals surface area contributed by atoms with Gasteiger partial charge in [-0.25, -0.2) is 4.79 Å². The van der Waals surface area contributed by atoms with E-state index in [4.69, 9.17) is 5.11 Å². The van der Waals surface area contributed by atoms with E-state index in [2.05, 4.69) is 4.98 Å². The Kier molecular flexibility index (Phi) is 3.06. The van der Waals surface area contributed by atoms with E-state index >= 15 is 0 Å². The largest absolute Gasteiger partial charge is 0.477 e. The van der Waals surface area contributed by atoms with Crippen LogP contribution in [0.25, 0.3) is 22.0 Å². The summed E-state index contributed by atoms with van der Waals surface area (Å²) in [5, 5.41) is 9.42. The number of nitrogens with one attached hydrogen (secondary N) is 1. The number of hydrogen-bond donors (Lipinski definition) is 2. The van der Waals surface area contributed by atoms with Crippen molar-refractivity contribution < 1.29 is 9.90 Å². The van der Waals surface area contributed by atoms with E-state index in [1.165, 1.54) is 6.20 Å². The van der Waals surface area contributed by atoms with Crippen LogP contribution in [0, 0.1) is 6.92 Å². The van der Waals surface area contributed by atoms with Gasteiger partial charge in [-0.2, -0.15) is 0 Å². The minimum Gasteiger partial charge on any atom is -0.477 e. The summed E-state index contributed by atoms with van der Waals surface area (Å²) in [5.74, 6) is -1.22. The van der Waals surface area contributed by atoms with E-state index in [1.807, 2.05) is 37.3 Å². The first kappa shape index (κ1) is 13.1. The van der Waals surface area contributed by atoms with Crippen molar-refractivity contribution in [1.82, 2.24) is 4.98 Å². The summed E-state index contributed by atoms with van der Waals surface area (Å²) in [7, 11) is 0. The lowest BCUT2D eigenvalue weighted by Gasteiger charge is -2.07. The maximum Gasteiger partial charge on any atom is 0.341 e. The number of aromatic carboxylic acids is 1. The number of rotatable bonds is 2. The van der Waals surface area contributed by atoms with Crippen LogP contribution in [0.3, 0.4) is 0 Å². The van der Waals surface area contributed by atoms with Gasteiger partial charge in [0.15, 0.2) is 0 Å². The molecule has 4 heteroatoms. The zero-order valence-electron chi connectivity index (χ0n) is 11.4. The first-order valence-corrected chi connectivity index (χ1v) is 6.52. The monoisotopic (exact) mass is 279 g/mol. The Hall–Kier alpha value is -2.88. The van der Waals surface area contributed by atoms with Crippen LogP contribution in [-0.2, 0) is 0 Å². The molecule has 2 aromatic carbocycles. The number of aromatic amines is 1. The van der Waals surface area contributed by atoms with Gasteiger partial charge in [0.05, 0.1) is 0 Å². The first-order valence-electron chi connectivity index (χ1n) is 6.52. The normalized spacial score (nSPS) is 10.7. The van der Waals surface area contributed by atoms with E-state index < -0.39 is 11.4 Å². The van der Waals surface area contributed by atoms with Crippen molar-refractivity contribution >= 4 is 16.9 Å². The number of H-pyrrole nitrogens is 1. The molecule has 1 aromatic heterocycles. The van der Waals surface area contributed by atoms with E-state index in [-0.39, 0.29) is 5.56 Å². The highest BCUT2D eigenvalue weighted by Gasteiger charge is 2.12. The number of carboxylic acid groups (broad SMARTS) is 1. The third-order valence-corrected chi connectivity index (χ3v) is 3.57. The third kappa shape index (κ3) is 2.21. The predicted octanol–water partition coefficient (Wildman–Crippen LogP) is 3.20. The Morgan fingerprint density at radius 1 is 1.14 bits per heavy atom. The van der Waals surface area contributed by atoms with Gasteiger partial charge in [-0.15, -0.1) is 0 Å². The Morgan fingerprint density at radius 3 is 2.62 bits per heavy atom. The van der Waals surface area contributed by atoms with E-state index in [9.17, 15) is 9.59 Å². The zero-order valence-corrected chi connectivity index (χ0v) is 11.4. The number of pyridine rings is 1. The molecule has 0 saturated carbocycles. The van der Waals surface area contributed by atoms with Crippen molar-refractivity contribution in [3.63, 3.8) is 0 Å². The van der Waals surface area contributed by atoms with Gasteiger partial charge in [0, 0.05) is 17.1 Å². The van der Waals surface area contributed by atoms with Gasteiger partial charge in [0.2, 0.25) is 5.43 Å². The minimum atomic E-state index is -1.22. The minimum absolute atomic E-state index is 0.246. The van der Waals surface area contributed by atoms with Gasteiger partial charge in [-0.3, -0.25) is 4.79 Å². The van der Waals surface area contributed by atoms with Crippen LogP contribution in [0.2, 0.25) is 0 Å². The fourth-order valence-corrected chi connectivity index (χ4v) is 2.44. The summed E-state index contributed by atoms with van der Waals surface area (Å²) in [6.07, 6.45) is 1.24. The number of aryl methyl sites for hydroxylation is 1. The van der Waals surface area contributed by atoms with Gasteiger partial charge in [-0.1, -0.05) is 30.3 Å². The fraction of sp³-hybridized carbons (Fsp3) is 0.0588. The second-order valence-corrected chi connectivity index (χ2v) is 4.91. The maximum absolute atomic E-state index is 12.2. The molecule has 0 amide bonds. The molecule has 0 unspecified atom stereocenters. The molecule has 3 aromatic rings. The summed E-state index contributed by atoms with van der Waals surface area (Å²) in [5.41, 5.74) is 2.94. The van der Waals surface area contributed by atoms with Crippen LogP contribution in [0.5, 0.6) is 0 Å². The van der Waals surface area contributed by atoms with Crippen LogP contribution in [0.4, 0.5) is 0 Å². The standard InChI is InChI=1S/C17H13NO3/c1-10-4-2-3-5-12(10)11-6-7-15-13(8-11)16(19)14(9-18-15)17(20)21/h2-9H,1H3,(H,18,19)(H,20,21). The highest BCUT2D eigenvalue weighted by atomic mass is 16.4. The van der Waals surface area contributed by atoms with Crippen LogP contribution in [-0.4, -0.2) is 16.1 Å². The van der Waals surface area contributed by atoms with Crippen molar-refractivity contribution in [2.24, 2.45) is 0 Å². The maximum atomic E-state index is 12.2. The van der Waals surface area contributed by atoms with Crippen molar-refractivity contribution in [2.75, 3.05) is 0 Å². The molecule has 0 aliphatic rings. The quantitative estimate of drug-likeness (QED) is 0.756. The first-order chi connectivity index (χ1) is 10.1. The van der Waals surface area contributed by atoms with Crippen LogP contribution >= 0.6 is 0 Å². The molecule has 2 N–H and O–H groups in total. The Morgan fingerprint density at radius 2 is 1.90 bits per heavy atom. The van der Waals surface area contributed by atoms with Crippen LogP contribution in [0.15, 0.2) is 53.5 Å². The van der Waals surface area contributed by atoms with Gasteiger partial charge in [0.1, 0.15) is 5.56 Å². The third-order valence-electron chi connectivity index (χ3n) is 3.57. The Labute approximate surface area is 120 Å². The molecular formula is C17H13NO3. The zero-order chi connectivity index (χ0) is 15.0. The molecule has 104 valence electrons. The predicted molar refractivity (Wildman–Crippen MR) is 81.7 cm³/mol. The van der Waals surface area contributed by atoms with Gasteiger partial charge in [0.25, 0.3) is 0 Å². The summed E-state index contributed by atoms with van der Waals surface area (Å²) < 4.78 is 0. The van der Waals surface area contributed by atoms with Crippen molar-refractivity contribution in [3.05, 3.63) is 70.0 Å². The molecule has 0 aliphatic heterocycles. The van der Waals surface area contributed by atoms with Gasteiger partial charge in [-0.05, 0) is 35.7 Å². The number of carbonyl (C=O) groups is 1. The number of benzene rings is 2. The molecule has 0 spiro atoms. The molecule has 0 bridgehead atoms. The van der Waals surface area contributed by atoms with Crippen molar-refractivity contribution in [1.29, 1.82) is 0 Å². The highest BCUT2D eigenvalue weighted by molar-refractivity contribution is 5.93. The molecule has 3 rings (SSSR count). The summed E-state index contributed by atoms with van der Waals surface area (Å²) in [6, 6.07) is 13.3. The summed E-state index contributed by atoms with van der Waals surface area (Å²) >= 11 is 0. The smallest absolute Gasteiger partial charge is 0.341 e. The molecule has 0 aliphatic carbocycles. The number of fused-ring (bicyclic) bond motifs is 1. The average molecular weight is 279 g/mol. The van der Waals surface area contributed by atoms with Gasteiger partial charge < -0.3 is 10.1 Å². The molecule has 0 radical (unpaired) electrons. The van der Waals surface area contributed by atoms with Crippen LogP contribution in [0.1, 0.15) is 15.9 Å². The SMILES string of the molecule is Cc1ccccc1-c1ccc2[nH]cc(C(=O)O)c(=O)c2c1. The lowest BCUT2D eigenvalue weighted by Crippen LogP contribution is -2.15. The van der Waals surface area contributed by atoms with Gasteiger partial charge >= 0.3 is 5.97 Å². The number of hydrogen-bond acceptors (Lipinski definition) is 2. The molecule has 4 nitrogen and oxygen atoms in total. The second kappa shape index (κ2) is 4.90. The van der Waals surface area contributed by atoms with E-state index in [1.54, 1.807) is 12.1 Å². The highest BCUT2D eigenvalue weighted by Crippen LogP contribution is 2.25. The molecular weight excluding hydrogens is 266 g/mol. The van der Waals surface area contributed by atoms with Crippen molar-refractivity contribution in [3.8, 4) is 11.1 Å². The second-order valence-electron chi connectivity index (χ2n) is 4.91. The fourth-order valence-electron chi connectivity index (χ4n) is 2.44. The van der Waals surface area contributed by atoms with E-state index in [0.29, 0.717) is 10.9 Å². The Bertz CT molecular complexity index is 909. The molecule has 0 fully saturated rings. The average Bonchev–Trinajstić information content (AvgIpc) is 2.47. The molecule has 1 heterocycles.